The van der Waals surface area contributed by atoms with Crippen LogP contribution in [-0.4, -0.2) is 52.7 Å². The molecular formula is C16H20N4O5. The molecule has 25 heavy (non-hydrogen) atoms. The summed E-state index contributed by atoms with van der Waals surface area (Å²) in [5, 5.41) is 3.71. The van der Waals surface area contributed by atoms with Crippen LogP contribution in [0.15, 0.2) is 21.5 Å². The van der Waals surface area contributed by atoms with Gasteiger partial charge in [0.05, 0.1) is 20.3 Å². The van der Waals surface area contributed by atoms with Gasteiger partial charge >= 0.3 is 0 Å². The third-order valence-corrected chi connectivity index (χ3v) is 3.94. The van der Waals surface area contributed by atoms with Crippen molar-refractivity contribution >= 4 is 5.91 Å². The summed E-state index contributed by atoms with van der Waals surface area (Å²) in [4.78, 5) is 32.7. The van der Waals surface area contributed by atoms with Gasteiger partial charge in [-0.25, -0.2) is 4.98 Å². The topological polar surface area (TPSA) is 111 Å². The minimum absolute atomic E-state index is 0.0151. The van der Waals surface area contributed by atoms with E-state index in [2.05, 4.69) is 15.1 Å². The van der Waals surface area contributed by atoms with Crippen LogP contribution in [0.25, 0.3) is 0 Å². The molecule has 1 fully saturated rings. The number of carbonyl (C=O) groups excluding carboxylic acids is 1. The Morgan fingerprint density at radius 2 is 2.32 bits per heavy atom. The van der Waals surface area contributed by atoms with Crippen LogP contribution >= 0.6 is 0 Å². The Morgan fingerprint density at radius 1 is 1.48 bits per heavy atom. The number of methoxy groups -OCH3 is 1. The zero-order valence-electron chi connectivity index (χ0n) is 14.2. The molecular weight excluding hydrogens is 328 g/mol. The Morgan fingerprint density at radius 3 is 3.04 bits per heavy atom. The lowest BCUT2D eigenvalue weighted by molar-refractivity contribution is -0.139. The normalized spacial score (nSPS) is 17.5. The number of ether oxygens (including phenoxy) is 2. The molecule has 0 radical (unpaired) electrons. The average Bonchev–Trinajstić information content (AvgIpc) is 3.07. The molecule has 3 rings (SSSR count). The van der Waals surface area contributed by atoms with E-state index in [9.17, 15) is 9.59 Å². The van der Waals surface area contributed by atoms with Crippen LogP contribution in [0.4, 0.5) is 0 Å². The van der Waals surface area contributed by atoms with Gasteiger partial charge in [-0.3, -0.25) is 9.59 Å². The van der Waals surface area contributed by atoms with Gasteiger partial charge in [0.25, 0.3) is 11.4 Å². The molecule has 9 nitrogen and oxygen atoms in total. The molecule has 0 unspecified atom stereocenters. The third kappa shape index (κ3) is 4.24. The summed E-state index contributed by atoms with van der Waals surface area (Å²) in [6, 6.07) is 3.08. The molecule has 1 N–H and O–H groups in total. The highest BCUT2D eigenvalue weighted by Gasteiger charge is 2.27. The van der Waals surface area contributed by atoms with Gasteiger partial charge in [0.1, 0.15) is 17.7 Å². The largest absolute Gasteiger partial charge is 0.479 e. The second-order valence-corrected chi connectivity index (χ2v) is 5.81. The summed E-state index contributed by atoms with van der Waals surface area (Å²) in [5.74, 6) is 1.42. The Hall–Kier alpha value is -2.68. The smallest absolute Gasteiger partial charge is 0.254 e. The number of nitrogens with one attached hydrogen (secondary N) is 1. The number of morpholine rings is 1. The Labute approximate surface area is 143 Å². The van der Waals surface area contributed by atoms with Crippen molar-refractivity contribution in [2.45, 2.75) is 25.9 Å². The predicted molar refractivity (Wildman–Crippen MR) is 86.2 cm³/mol. The standard InChI is InChI=1S/C16H20N4O5/c1-10-7-13(21)18-16(17-10)12-9-20(5-6-24-12)15(22)4-3-11-8-14(23-2)19-25-11/h7-8,12H,3-6,9H2,1-2H3,(H,17,18,21)/t12-/m1/s1. The Balaban J connectivity index is 1.60. The molecule has 1 atom stereocenters. The van der Waals surface area contributed by atoms with E-state index >= 15 is 0 Å². The van der Waals surface area contributed by atoms with Gasteiger partial charge < -0.3 is 23.9 Å². The quantitative estimate of drug-likeness (QED) is 0.842. The first-order valence-electron chi connectivity index (χ1n) is 8.02. The first-order chi connectivity index (χ1) is 12.0. The molecule has 1 saturated heterocycles. The van der Waals surface area contributed by atoms with Crippen molar-refractivity contribution in [2.24, 2.45) is 0 Å². The van der Waals surface area contributed by atoms with Gasteiger partial charge in [0, 0.05) is 37.2 Å². The zero-order chi connectivity index (χ0) is 17.8. The maximum Gasteiger partial charge on any atom is 0.254 e. The molecule has 0 bridgehead atoms. The first-order valence-corrected chi connectivity index (χ1v) is 8.02. The number of nitrogens with zero attached hydrogens (tertiary/aromatic N) is 3. The molecule has 0 aliphatic carbocycles. The summed E-state index contributed by atoms with van der Waals surface area (Å²) in [6.07, 6.45) is 0.301. The molecule has 1 amide bonds. The molecule has 134 valence electrons. The number of rotatable bonds is 5. The van der Waals surface area contributed by atoms with Crippen LogP contribution in [0.5, 0.6) is 5.88 Å². The van der Waals surface area contributed by atoms with Gasteiger partial charge in [-0.05, 0) is 12.1 Å². The summed E-state index contributed by atoms with van der Waals surface area (Å²) in [7, 11) is 1.50. The number of H-pyrrole nitrogens is 1. The lowest BCUT2D eigenvalue weighted by Crippen LogP contribution is -2.43. The molecule has 1 aliphatic rings. The highest BCUT2D eigenvalue weighted by molar-refractivity contribution is 5.76. The van der Waals surface area contributed by atoms with Crippen molar-refractivity contribution in [3.05, 3.63) is 39.8 Å². The molecule has 2 aromatic heterocycles. The monoisotopic (exact) mass is 348 g/mol. The number of hydrogen-bond donors (Lipinski definition) is 1. The Bertz CT molecular complexity index is 800. The van der Waals surface area contributed by atoms with Crippen LogP contribution in [0.2, 0.25) is 0 Å². The minimum Gasteiger partial charge on any atom is -0.479 e. The highest BCUT2D eigenvalue weighted by atomic mass is 16.5. The number of amides is 1. The van der Waals surface area contributed by atoms with E-state index in [1.807, 2.05) is 0 Å². The predicted octanol–water partition coefficient (Wildman–Crippen LogP) is 0.608. The maximum atomic E-state index is 12.4. The van der Waals surface area contributed by atoms with Crippen molar-refractivity contribution in [3.63, 3.8) is 0 Å². The van der Waals surface area contributed by atoms with E-state index in [1.54, 1.807) is 17.9 Å². The SMILES string of the molecule is COc1cc(CCC(=O)N2CCO[C@@H](c3nc(C)cc(=O)[nH]3)C2)on1. The number of aromatic nitrogens is 3. The van der Waals surface area contributed by atoms with Crippen molar-refractivity contribution in [3.8, 4) is 5.88 Å². The van der Waals surface area contributed by atoms with Crippen molar-refractivity contribution in [1.29, 1.82) is 0 Å². The minimum atomic E-state index is -0.435. The van der Waals surface area contributed by atoms with Crippen LogP contribution < -0.4 is 10.3 Å². The average molecular weight is 348 g/mol. The summed E-state index contributed by atoms with van der Waals surface area (Å²) in [5.41, 5.74) is 0.388. The van der Waals surface area contributed by atoms with E-state index < -0.39 is 6.10 Å². The molecule has 0 spiro atoms. The summed E-state index contributed by atoms with van der Waals surface area (Å²) >= 11 is 0. The fourth-order valence-corrected chi connectivity index (χ4v) is 2.69. The van der Waals surface area contributed by atoms with Gasteiger partial charge in [0.15, 0.2) is 0 Å². The van der Waals surface area contributed by atoms with Gasteiger partial charge in [-0.1, -0.05) is 0 Å². The summed E-state index contributed by atoms with van der Waals surface area (Å²) in [6.45, 7) is 3.00. The number of carbonyl (C=O) groups is 1. The fraction of sp³-hybridized carbons (Fsp3) is 0.500. The molecule has 9 heteroatoms. The van der Waals surface area contributed by atoms with Crippen LogP contribution in [-0.2, 0) is 16.0 Å². The third-order valence-electron chi connectivity index (χ3n) is 3.94. The lowest BCUT2D eigenvalue weighted by atomic mass is 10.2. The Kier molecular flexibility index (Phi) is 5.13. The molecule has 2 aromatic rings. The van der Waals surface area contributed by atoms with Crippen LogP contribution in [0, 0.1) is 6.92 Å². The van der Waals surface area contributed by atoms with Crippen molar-refractivity contribution in [1.82, 2.24) is 20.0 Å². The van der Waals surface area contributed by atoms with E-state index in [-0.39, 0.29) is 11.5 Å². The second-order valence-electron chi connectivity index (χ2n) is 5.81. The van der Waals surface area contributed by atoms with Gasteiger partial charge in [0.2, 0.25) is 5.91 Å². The first kappa shape index (κ1) is 17.2. The van der Waals surface area contributed by atoms with Crippen molar-refractivity contribution < 1.29 is 18.8 Å². The molecule has 1 aliphatic heterocycles. The number of hydrogen-bond acceptors (Lipinski definition) is 7. The lowest BCUT2D eigenvalue weighted by Gasteiger charge is -2.32. The molecule has 0 aromatic carbocycles. The molecule has 3 heterocycles. The number of aryl methyl sites for hydroxylation is 2. The van der Waals surface area contributed by atoms with E-state index in [4.69, 9.17) is 14.0 Å². The maximum absolute atomic E-state index is 12.4. The number of aromatic amines is 1. The second kappa shape index (κ2) is 7.47. The van der Waals surface area contributed by atoms with Crippen LogP contribution in [0.1, 0.15) is 29.8 Å². The van der Waals surface area contributed by atoms with E-state index in [1.165, 1.54) is 13.2 Å². The summed E-state index contributed by atoms with van der Waals surface area (Å²) < 4.78 is 15.7. The molecule has 0 saturated carbocycles. The van der Waals surface area contributed by atoms with E-state index in [0.717, 1.165) is 0 Å². The van der Waals surface area contributed by atoms with Gasteiger partial charge in [-0.2, -0.15) is 0 Å². The van der Waals surface area contributed by atoms with E-state index in [0.29, 0.717) is 55.7 Å². The van der Waals surface area contributed by atoms with Gasteiger partial charge in [-0.15, -0.1) is 0 Å². The highest BCUT2D eigenvalue weighted by Crippen LogP contribution is 2.20. The van der Waals surface area contributed by atoms with Crippen molar-refractivity contribution in [2.75, 3.05) is 26.8 Å². The van der Waals surface area contributed by atoms with Crippen LogP contribution in [0.3, 0.4) is 0 Å². The zero-order valence-corrected chi connectivity index (χ0v) is 14.2. The fourth-order valence-electron chi connectivity index (χ4n) is 2.69.